The Balaban J connectivity index is 1.88. The van der Waals surface area contributed by atoms with Crippen molar-refractivity contribution < 1.29 is 9.53 Å². The Morgan fingerprint density at radius 3 is 2.94 bits per heavy atom. The molecule has 0 radical (unpaired) electrons. The highest BCUT2D eigenvalue weighted by Crippen LogP contribution is 2.36. The van der Waals surface area contributed by atoms with E-state index < -0.39 is 0 Å². The van der Waals surface area contributed by atoms with Gasteiger partial charge in [-0.15, -0.1) is 0 Å². The summed E-state index contributed by atoms with van der Waals surface area (Å²) < 4.78 is 4.93. The van der Waals surface area contributed by atoms with E-state index >= 15 is 0 Å². The maximum absolute atomic E-state index is 12.0. The fourth-order valence-corrected chi connectivity index (χ4v) is 2.19. The second kappa shape index (κ2) is 6.66. The highest BCUT2D eigenvalue weighted by Gasteiger charge is 2.20. The maximum Gasteiger partial charge on any atom is 0.176 e. The minimum atomic E-state index is 0.160. The van der Waals surface area contributed by atoms with Gasteiger partial charge in [-0.1, -0.05) is 24.6 Å². The highest BCUT2D eigenvalue weighted by molar-refractivity contribution is 5.97. The Morgan fingerprint density at radius 1 is 1.44 bits per heavy atom. The van der Waals surface area contributed by atoms with Crippen LogP contribution in [0.4, 0.5) is 0 Å². The van der Waals surface area contributed by atoms with Crippen LogP contribution in [0.15, 0.2) is 24.3 Å². The third kappa shape index (κ3) is 3.40. The lowest BCUT2D eigenvalue weighted by molar-refractivity contribution is 0.0987. The molecule has 1 fully saturated rings. The number of Topliss-reactive ketones (excluding diaryl/α,β-unsaturated/α-hetero) is 1. The molecule has 3 nitrogen and oxygen atoms in total. The van der Waals surface area contributed by atoms with Crippen molar-refractivity contribution in [1.29, 1.82) is 0 Å². The van der Waals surface area contributed by atoms with Gasteiger partial charge in [0.1, 0.15) is 0 Å². The first-order valence-corrected chi connectivity index (χ1v) is 6.64. The summed E-state index contributed by atoms with van der Waals surface area (Å²) in [6.45, 7) is 1.73. The van der Waals surface area contributed by atoms with Gasteiger partial charge >= 0.3 is 0 Å². The standard InChI is InChI=1S/C15H21NO2/c1-18-9-8-16-11-15(17)14-7-3-6-13(10-14)12-4-2-5-12/h3,6-7,10,12,16H,2,4-5,8-9,11H2,1H3. The van der Waals surface area contributed by atoms with Gasteiger partial charge in [0.15, 0.2) is 5.78 Å². The SMILES string of the molecule is COCCNCC(=O)c1cccc(C2CCC2)c1. The van der Waals surface area contributed by atoms with Crippen LogP contribution in [-0.2, 0) is 4.74 Å². The van der Waals surface area contributed by atoms with E-state index in [1.807, 2.05) is 12.1 Å². The molecule has 1 N–H and O–H groups in total. The minimum absolute atomic E-state index is 0.160. The van der Waals surface area contributed by atoms with E-state index in [4.69, 9.17) is 4.74 Å². The Bertz CT molecular complexity index is 399. The molecule has 2 rings (SSSR count). The molecule has 0 bridgehead atoms. The third-order valence-electron chi connectivity index (χ3n) is 3.55. The Labute approximate surface area is 109 Å². The van der Waals surface area contributed by atoms with E-state index in [9.17, 15) is 4.79 Å². The van der Waals surface area contributed by atoms with Crippen LogP contribution in [0.1, 0.15) is 41.1 Å². The summed E-state index contributed by atoms with van der Waals surface area (Å²) in [5.74, 6) is 0.839. The summed E-state index contributed by atoms with van der Waals surface area (Å²) in [7, 11) is 1.66. The molecule has 0 aliphatic heterocycles. The summed E-state index contributed by atoms with van der Waals surface area (Å²) in [5.41, 5.74) is 2.15. The fraction of sp³-hybridized carbons (Fsp3) is 0.533. The zero-order chi connectivity index (χ0) is 12.8. The average Bonchev–Trinajstić information content (AvgIpc) is 2.33. The molecule has 1 aliphatic carbocycles. The van der Waals surface area contributed by atoms with Crippen molar-refractivity contribution >= 4 is 5.78 Å². The number of ether oxygens (including phenoxy) is 1. The number of carbonyl (C=O) groups is 1. The van der Waals surface area contributed by atoms with E-state index in [1.54, 1.807) is 7.11 Å². The van der Waals surface area contributed by atoms with E-state index in [0.717, 1.165) is 5.56 Å². The molecule has 0 heterocycles. The number of methoxy groups -OCH3 is 1. The molecule has 1 aromatic rings. The highest BCUT2D eigenvalue weighted by atomic mass is 16.5. The zero-order valence-electron chi connectivity index (χ0n) is 10.9. The van der Waals surface area contributed by atoms with Crippen LogP contribution in [0.25, 0.3) is 0 Å². The van der Waals surface area contributed by atoms with Gasteiger partial charge in [-0.05, 0) is 30.4 Å². The molecule has 1 saturated carbocycles. The van der Waals surface area contributed by atoms with Gasteiger partial charge in [0, 0.05) is 19.2 Å². The van der Waals surface area contributed by atoms with E-state index in [-0.39, 0.29) is 5.78 Å². The number of ketones is 1. The van der Waals surface area contributed by atoms with E-state index in [1.165, 1.54) is 24.8 Å². The van der Waals surface area contributed by atoms with Crippen LogP contribution >= 0.6 is 0 Å². The van der Waals surface area contributed by atoms with Crippen LogP contribution < -0.4 is 5.32 Å². The molecule has 1 aromatic carbocycles. The van der Waals surface area contributed by atoms with Gasteiger partial charge in [0.25, 0.3) is 0 Å². The van der Waals surface area contributed by atoms with Gasteiger partial charge in [0.05, 0.1) is 13.2 Å². The smallest absolute Gasteiger partial charge is 0.176 e. The van der Waals surface area contributed by atoms with Crippen molar-refractivity contribution in [2.75, 3.05) is 26.8 Å². The van der Waals surface area contributed by atoms with Crippen molar-refractivity contribution in [3.8, 4) is 0 Å². The lowest BCUT2D eigenvalue weighted by Gasteiger charge is -2.26. The summed E-state index contributed by atoms with van der Waals surface area (Å²) in [6.07, 6.45) is 3.86. The van der Waals surface area contributed by atoms with Crippen molar-refractivity contribution in [2.24, 2.45) is 0 Å². The van der Waals surface area contributed by atoms with Crippen molar-refractivity contribution in [1.82, 2.24) is 5.32 Å². The summed E-state index contributed by atoms with van der Waals surface area (Å²) in [5, 5.41) is 3.09. The van der Waals surface area contributed by atoms with E-state index in [0.29, 0.717) is 25.6 Å². The number of hydrogen-bond donors (Lipinski definition) is 1. The number of benzene rings is 1. The molecule has 18 heavy (non-hydrogen) atoms. The van der Waals surface area contributed by atoms with Crippen molar-refractivity contribution in [3.05, 3.63) is 35.4 Å². The lowest BCUT2D eigenvalue weighted by atomic mass is 9.79. The van der Waals surface area contributed by atoms with Crippen molar-refractivity contribution in [3.63, 3.8) is 0 Å². The Hall–Kier alpha value is -1.19. The first kappa shape index (κ1) is 13.2. The molecule has 0 aromatic heterocycles. The van der Waals surface area contributed by atoms with Crippen LogP contribution in [0.3, 0.4) is 0 Å². The van der Waals surface area contributed by atoms with Gasteiger partial charge in [0.2, 0.25) is 0 Å². The summed E-state index contributed by atoms with van der Waals surface area (Å²) in [6, 6.07) is 8.10. The van der Waals surface area contributed by atoms with Gasteiger partial charge < -0.3 is 10.1 Å². The first-order chi connectivity index (χ1) is 8.81. The Kier molecular flexibility index (Phi) is 4.90. The minimum Gasteiger partial charge on any atom is -0.383 e. The largest absolute Gasteiger partial charge is 0.383 e. The van der Waals surface area contributed by atoms with Gasteiger partial charge in [-0.3, -0.25) is 4.79 Å². The van der Waals surface area contributed by atoms with Gasteiger partial charge in [-0.2, -0.15) is 0 Å². The van der Waals surface area contributed by atoms with Crippen LogP contribution in [0.5, 0.6) is 0 Å². The number of nitrogens with one attached hydrogen (secondary N) is 1. The molecule has 3 heteroatoms. The number of rotatable bonds is 7. The maximum atomic E-state index is 12.0. The molecule has 1 aliphatic rings. The second-order valence-electron chi connectivity index (χ2n) is 4.85. The zero-order valence-corrected chi connectivity index (χ0v) is 10.9. The topological polar surface area (TPSA) is 38.3 Å². The van der Waals surface area contributed by atoms with Gasteiger partial charge in [-0.25, -0.2) is 0 Å². The predicted octanol–water partition coefficient (Wildman–Crippen LogP) is 2.37. The quantitative estimate of drug-likeness (QED) is 0.594. The van der Waals surface area contributed by atoms with Crippen LogP contribution in [0, 0.1) is 0 Å². The normalized spacial score (nSPS) is 15.4. The molecule has 0 saturated heterocycles. The monoisotopic (exact) mass is 247 g/mol. The second-order valence-corrected chi connectivity index (χ2v) is 4.85. The summed E-state index contributed by atoms with van der Waals surface area (Å²) >= 11 is 0. The fourth-order valence-electron chi connectivity index (χ4n) is 2.19. The molecule has 98 valence electrons. The summed E-state index contributed by atoms with van der Waals surface area (Å²) in [4.78, 5) is 12.0. The lowest BCUT2D eigenvalue weighted by Crippen LogP contribution is -2.26. The van der Waals surface area contributed by atoms with E-state index in [2.05, 4.69) is 17.4 Å². The number of carbonyl (C=O) groups excluding carboxylic acids is 1. The van der Waals surface area contributed by atoms with Crippen LogP contribution in [0.2, 0.25) is 0 Å². The average molecular weight is 247 g/mol. The molecule has 0 unspecified atom stereocenters. The molecular weight excluding hydrogens is 226 g/mol. The first-order valence-electron chi connectivity index (χ1n) is 6.64. The Morgan fingerprint density at radius 2 is 2.28 bits per heavy atom. The molecule has 0 amide bonds. The molecule has 0 spiro atoms. The third-order valence-corrected chi connectivity index (χ3v) is 3.55. The van der Waals surface area contributed by atoms with Crippen molar-refractivity contribution in [2.45, 2.75) is 25.2 Å². The molecular formula is C15H21NO2. The molecule has 0 atom stereocenters. The predicted molar refractivity (Wildman–Crippen MR) is 72.1 cm³/mol. The van der Waals surface area contributed by atoms with Crippen LogP contribution in [-0.4, -0.2) is 32.6 Å². The number of hydrogen-bond acceptors (Lipinski definition) is 3.